The highest BCUT2D eigenvalue weighted by Crippen LogP contribution is 2.38. The lowest BCUT2D eigenvalue weighted by atomic mass is 9.95. The number of nitrogen functional groups attached to an aromatic ring is 2. The zero-order valence-electron chi connectivity index (χ0n) is 37.1. The van der Waals surface area contributed by atoms with E-state index in [-0.39, 0.29) is 90.1 Å². The summed E-state index contributed by atoms with van der Waals surface area (Å²) in [5.74, 6) is -3.73. The third-order valence-corrected chi connectivity index (χ3v) is 14.4. The fourth-order valence-electron chi connectivity index (χ4n) is 8.68. The normalized spacial score (nSPS) is 24.2. The number of carboxylic acid groups (broad SMARTS) is 1. The topological polar surface area (TPSA) is 419 Å². The van der Waals surface area contributed by atoms with Gasteiger partial charge in [-0.1, -0.05) is 0 Å². The van der Waals surface area contributed by atoms with Crippen molar-refractivity contribution in [2.45, 2.75) is 93.9 Å². The summed E-state index contributed by atoms with van der Waals surface area (Å²) in [5, 5.41) is 38.4. The molecule has 12 N–H and O–H groups in total. The standard InChI is InChI=1S/C38H49N17O12S/c1-37(2)23(45-19-26(51-37)47-35(39)49-29(19)58)31(60)41-8-6-9-53-10-7-15(11-16(53)34(63)66-5)68(64,65)12-17-21(56)22(57)32(67-17)54-14-44-18-25(42-13-43-27(18)54)52-55-28-20(30(59)50-36(40)48-28)46-24(33(61)62)38(55,3)4/h13-17,21-22,32,56-57H,6-12H2,1-5H3,(H,41,60)(H,61,62)(H,42,43,52)(H3,40,48,50,59)(H4,39,47,49,51,58)/t15?,16?,17-,21?,22?,32-/m1/s1. The molecule has 8 rings (SSSR count). The van der Waals surface area contributed by atoms with Gasteiger partial charge in [0.1, 0.15) is 41.9 Å². The predicted octanol–water partition coefficient (Wildman–Crippen LogP) is -2.54. The minimum atomic E-state index is -4.12. The molecule has 4 aromatic heterocycles. The second-order valence-electron chi connectivity index (χ2n) is 17.5. The van der Waals surface area contributed by atoms with E-state index >= 15 is 0 Å². The van der Waals surface area contributed by atoms with Crippen LogP contribution in [0.25, 0.3) is 11.2 Å². The van der Waals surface area contributed by atoms with Crippen molar-refractivity contribution < 1.29 is 47.6 Å². The molecule has 4 aromatic rings. The maximum Gasteiger partial charge on any atom is 0.352 e. The Balaban J connectivity index is 0.921. The number of hydrazine groups is 1. The van der Waals surface area contributed by atoms with Gasteiger partial charge in [-0.2, -0.15) is 9.97 Å². The van der Waals surface area contributed by atoms with Crippen molar-refractivity contribution in [1.82, 2.24) is 49.7 Å². The van der Waals surface area contributed by atoms with E-state index in [4.69, 9.17) is 20.9 Å². The van der Waals surface area contributed by atoms with Gasteiger partial charge in [0.25, 0.3) is 17.0 Å². The number of imidazole rings is 1. The second-order valence-corrected chi connectivity index (χ2v) is 19.8. The second kappa shape index (κ2) is 17.5. The van der Waals surface area contributed by atoms with Gasteiger partial charge in [0.2, 0.25) is 11.9 Å². The number of amides is 1. The number of H-pyrrole nitrogens is 2. The number of aliphatic hydroxyl groups is 2. The number of aliphatic carboxylic acids is 1. The number of likely N-dealkylation sites (tertiary alicyclic amines) is 1. The molecule has 0 aliphatic carbocycles. The molecule has 8 heterocycles. The predicted molar refractivity (Wildman–Crippen MR) is 241 cm³/mol. The number of sulfone groups is 1. The number of carboxylic acids is 1. The minimum absolute atomic E-state index is 0.0191. The molecule has 30 heteroatoms. The number of hydrogen-bond donors (Lipinski definition) is 10. The fraction of sp³-hybridized carbons (Fsp3) is 0.526. The van der Waals surface area contributed by atoms with Crippen LogP contribution in [-0.4, -0.2) is 171 Å². The maximum absolute atomic E-state index is 14.0. The van der Waals surface area contributed by atoms with Crippen LogP contribution in [-0.2, 0) is 33.7 Å². The molecular weight excluding hydrogens is 919 g/mol. The van der Waals surface area contributed by atoms with Gasteiger partial charge in [0.05, 0.1) is 30.0 Å². The van der Waals surface area contributed by atoms with Crippen molar-refractivity contribution in [3.8, 4) is 0 Å². The Morgan fingerprint density at radius 2 is 1.68 bits per heavy atom. The van der Waals surface area contributed by atoms with Crippen LogP contribution in [0.4, 0.5) is 40.7 Å². The number of aliphatic hydroxyl groups excluding tert-OH is 2. The van der Waals surface area contributed by atoms with Gasteiger partial charge < -0.3 is 46.9 Å². The Labute approximate surface area is 384 Å². The SMILES string of the molecule is COC(=O)C1CC(S(=O)(=O)C[C@H]2O[C@@H](n3cnc4c(NN5c6nc(N)[nH]c(=O)c6N=C(C(=O)O)C5(C)C)ncnc43)C(O)C2O)CCN1CCCNC(=O)C1=Nc2c(nc(N)[nH]c2=O)NC1(C)C. The zero-order valence-corrected chi connectivity index (χ0v) is 37.9. The number of esters is 1. The molecule has 4 unspecified atom stereocenters. The molecule has 68 heavy (non-hydrogen) atoms. The Morgan fingerprint density at radius 3 is 2.38 bits per heavy atom. The number of nitrogens with one attached hydrogen (secondary N) is 5. The number of aromatic nitrogens is 8. The van der Waals surface area contributed by atoms with Crippen LogP contribution in [0.15, 0.2) is 32.2 Å². The van der Waals surface area contributed by atoms with E-state index in [0.29, 0.717) is 6.42 Å². The van der Waals surface area contributed by atoms with Crippen molar-refractivity contribution in [3.05, 3.63) is 33.4 Å². The number of hydrogen-bond acceptors (Lipinski definition) is 24. The summed E-state index contributed by atoms with van der Waals surface area (Å²) < 4.78 is 40.4. The lowest BCUT2D eigenvalue weighted by Crippen LogP contribution is -2.58. The number of rotatable bonds is 13. The summed E-state index contributed by atoms with van der Waals surface area (Å²) in [5.41, 5.74) is 9.82. The van der Waals surface area contributed by atoms with Crippen LogP contribution in [0.1, 0.15) is 53.2 Å². The van der Waals surface area contributed by atoms with Crippen LogP contribution < -0.4 is 43.7 Å². The van der Waals surface area contributed by atoms with Crippen molar-refractivity contribution >= 4 is 91.0 Å². The molecule has 4 aliphatic rings. The largest absolute Gasteiger partial charge is 0.477 e. The molecule has 2 fully saturated rings. The first-order chi connectivity index (χ1) is 32.0. The number of anilines is 5. The Bertz CT molecular complexity index is 3010. The van der Waals surface area contributed by atoms with Gasteiger partial charge in [-0.25, -0.2) is 38.1 Å². The van der Waals surface area contributed by atoms with Gasteiger partial charge in [-0.05, 0) is 47.0 Å². The van der Waals surface area contributed by atoms with E-state index in [1.165, 1.54) is 36.9 Å². The lowest BCUT2D eigenvalue weighted by molar-refractivity contribution is -0.148. The molecule has 0 aromatic carbocycles. The first kappa shape index (κ1) is 47.3. The van der Waals surface area contributed by atoms with Gasteiger partial charge in [-0.15, -0.1) is 0 Å². The highest BCUT2D eigenvalue weighted by atomic mass is 32.2. The van der Waals surface area contributed by atoms with Crippen LogP contribution in [0, 0.1) is 0 Å². The van der Waals surface area contributed by atoms with Crippen molar-refractivity contribution in [2.24, 2.45) is 9.98 Å². The van der Waals surface area contributed by atoms with E-state index in [0.717, 1.165) is 6.33 Å². The minimum Gasteiger partial charge on any atom is -0.477 e. The number of carbonyl (C=O) groups excluding carboxylic acids is 2. The number of nitrogens with two attached hydrogens (primary N) is 2. The van der Waals surface area contributed by atoms with Crippen LogP contribution in [0.2, 0.25) is 0 Å². The van der Waals surface area contributed by atoms with E-state index in [9.17, 15) is 47.7 Å². The number of ether oxygens (including phenoxy) is 2. The average Bonchev–Trinajstić information content (AvgIpc) is 3.81. The summed E-state index contributed by atoms with van der Waals surface area (Å²) in [6, 6.07) is -0.966. The summed E-state index contributed by atoms with van der Waals surface area (Å²) in [6.45, 7) is 6.97. The third-order valence-electron chi connectivity index (χ3n) is 12.2. The number of methoxy groups -OCH3 is 1. The highest BCUT2D eigenvalue weighted by Gasteiger charge is 2.49. The number of aliphatic imine (C=N–C) groups is 2. The van der Waals surface area contributed by atoms with E-state index in [2.05, 4.69) is 60.9 Å². The molecule has 0 saturated carbocycles. The molecule has 2 saturated heterocycles. The molecule has 0 spiro atoms. The van der Waals surface area contributed by atoms with Gasteiger partial charge in [0.15, 0.2) is 61.8 Å². The van der Waals surface area contributed by atoms with E-state index in [1.807, 2.05) is 0 Å². The van der Waals surface area contributed by atoms with E-state index < -0.39 is 97.2 Å². The van der Waals surface area contributed by atoms with Gasteiger partial charge in [-0.3, -0.25) is 49.0 Å². The summed E-state index contributed by atoms with van der Waals surface area (Å²) >= 11 is 0. The maximum atomic E-state index is 14.0. The lowest BCUT2D eigenvalue weighted by Gasteiger charge is -2.41. The smallest absolute Gasteiger partial charge is 0.352 e. The molecular formula is C38H49N17O12S. The molecule has 364 valence electrons. The first-order valence-electron chi connectivity index (χ1n) is 21.1. The number of fused-ring (bicyclic) bond motifs is 3. The van der Waals surface area contributed by atoms with Crippen LogP contribution in [0.5, 0.6) is 0 Å². The monoisotopic (exact) mass is 967 g/mol. The van der Waals surface area contributed by atoms with Crippen LogP contribution >= 0.6 is 0 Å². The molecule has 0 bridgehead atoms. The quantitative estimate of drug-likeness (QED) is 0.0487. The van der Waals surface area contributed by atoms with Gasteiger partial charge in [0, 0.05) is 19.6 Å². The van der Waals surface area contributed by atoms with Crippen molar-refractivity contribution in [1.29, 1.82) is 0 Å². The zero-order chi connectivity index (χ0) is 49.2. The number of nitrogens with zero attached hydrogens (tertiary/aromatic N) is 10. The number of aromatic amines is 2. The highest BCUT2D eigenvalue weighted by molar-refractivity contribution is 7.92. The Hall–Kier alpha value is -7.15. The Kier molecular flexibility index (Phi) is 12.2. The molecule has 0 radical (unpaired) electrons. The van der Waals surface area contributed by atoms with E-state index in [1.54, 1.807) is 18.7 Å². The van der Waals surface area contributed by atoms with Crippen LogP contribution in [0.3, 0.4) is 0 Å². The molecule has 6 atom stereocenters. The molecule has 29 nitrogen and oxygen atoms in total. The Morgan fingerprint density at radius 1 is 0.985 bits per heavy atom. The number of carbonyl (C=O) groups is 3. The summed E-state index contributed by atoms with van der Waals surface area (Å²) in [7, 11) is -2.93. The summed E-state index contributed by atoms with van der Waals surface area (Å²) in [4.78, 5) is 99.7. The first-order valence-corrected chi connectivity index (χ1v) is 22.8. The molecule has 1 amide bonds. The average molecular weight is 968 g/mol. The van der Waals surface area contributed by atoms with Crippen molar-refractivity contribution in [3.63, 3.8) is 0 Å². The summed E-state index contributed by atoms with van der Waals surface area (Å²) in [6.07, 6.45) is -3.55. The van der Waals surface area contributed by atoms with Crippen molar-refractivity contribution in [2.75, 3.05) is 59.7 Å². The fourth-order valence-corrected chi connectivity index (χ4v) is 10.6. The number of piperidine rings is 1. The molecule has 4 aliphatic heterocycles. The third kappa shape index (κ3) is 8.54. The van der Waals surface area contributed by atoms with Gasteiger partial charge >= 0.3 is 11.9 Å².